The Labute approximate surface area is 123 Å². The van der Waals surface area contributed by atoms with Gasteiger partial charge in [0.15, 0.2) is 0 Å². The van der Waals surface area contributed by atoms with E-state index in [2.05, 4.69) is 5.32 Å². The molecule has 1 heterocycles. The van der Waals surface area contributed by atoms with Crippen LogP contribution in [-0.2, 0) is 6.18 Å². The fourth-order valence-electron chi connectivity index (χ4n) is 1.68. The number of aliphatic hydroxyl groups is 1. The number of hydrogen-bond donors (Lipinski definition) is 2. The molecule has 1 atom stereocenters. The highest BCUT2D eigenvalue weighted by Crippen LogP contribution is 2.29. The molecule has 21 heavy (non-hydrogen) atoms. The standard InChI is InChI=1S/C14H12F3NO2S/c15-14(16,17)10-5-3-9(4-6-10)13(20)18-8-11(19)12-2-1-7-21-12/h1-7,11,19H,8H2,(H,18,20). The van der Waals surface area contributed by atoms with Crippen LogP contribution in [0.3, 0.4) is 0 Å². The number of carbonyl (C=O) groups is 1. The molecule has 0 fully saturated rings. The van der Waals surface area contributed by atoms with Gasteiger partial charge in [0.25, 0.3) is 5.91 Å². The summed E-state index contributed by atoms with van der Waals surface area (Å²) in [6, 6.07) is 7.43. The van der Waals surface area contributed by atoms with Crippen molar-refractivity contribution in [2.24, 2.45) is 0 Å². The molecule has 0 saturated carbocycles. The molecule has 112 valence electrons. The Hall–Kier alpha value is -1.86. The molecule has 1 aromatic carbocycles. The summed E-state index contributed by atoms with van der Waals surface area (Å²) in [5, 5.41) is 14.1. The number of rotatable bonds is 4. The van der Waals surface area contributed by atoms with E-state index in [-0.39, 0.29) is 12.1 Å². The average Bonchev–Trinajstić information content (AvgIpc) is 2.98. The minimum Gasteiger partial charge on any atom is -0.386 e. The maximum atomic E-state index is 12.4. The number of halogens is 3. The molecule has 7 heteroatoms. The molecule has 1 unspecified atom stereocenters. The van der Waals surface area contributed by atoms with E-state index in [4.69, 9.17) is 0 Å². The summed E-state index contributed by atoms with van der Waals surface area (Å²) in [6.07, 6.45) is -5.26. The Morgan fingerprint density at radius 1 is 1.24 bits per heavy atom. The topological polar surface area (TPSA) is 49.3 Å². The highest BCUT2D eigenvalue weighted by Gasteiger charge is 2.30. The summed E-state index contributed by atoms with van der Waals surface area (Å²) < 4.78 is 37.2. The van der Waals surface area contributed by atoms with Gasteiger partial charge in [0.1, 0.15) is 6.10 Å². The predicted octanol–water partition coefficient (Wildman–Crippen LogP) is 3.23. The van der Waals surface area contributed by atoms with Crippen LogP contribution in [0.2, 0.25) is 0 Å². The first-order chi connectivity index (χ1) is 9.88. The monoisotopic (exact) mass is 315 g/mol. The Morgan fingerprint density at radius 2 is 1.90 bits per heavy atom. The number of aliphatic hydroxyl groups excluding tert-OH is 1. The van der Waals surface area contributed by atoms with Gasteiger partial charge in [-0.2, -0.15) is 13.2 Å². The first-order valence-corrected chi connectivity index (χ1v) is 6.93. The van der Waals surface area contributed by atoms with Crippen molar-refractivity contribution in [1.82, 2.24) is 5.32 Å². The number of nitrogens with one attached hydrogen (secondary N) is 1. The first-order valence-electron chi connectivity index (χ1n) is 6.05. The van der Waals surface area contributed by atoms with E-state index >= 15 is 0 Å². The van der Waals surface area contributed by atoms with Crippen LogP contribution in [0.1, 0.15) is 26.9 Å². The lowest BCUT2D eigenvalue weighted by Gasteiger charge is -2.11. The molecule has 2 N–H and O–H groups in total. The highest BCUT2D eigenvalue weighted by atomic mass is 32.1. The number of hydrogen-bond acceptors (Lipinski definition) is 3. The minimum absolute atomic E-state index is 0.000366. The third-order valence-corrected chi connectivity index (χ3v) is 3.78. The summed E-state index contributed by atoms with van der Waals surface area (Å²) in [6.45, 7) is 0.000366. The van der Waals surface area contributed by atoms with E-state index in [1.807, 2.05) is 0 Å². The zero-order valence-corrected chi connectivity index (χ0v) is 11.5. The van der Waals surface area contributed by atoms with Crippen LogP contribution in [0.5, 0.6) is 0 Å². The van der Waals surface area contributed by atoms with Crippen molar-refractivity contribution >= 4 is 17.2 Å². The van der Waals surface area contributed by atoms with Gasteiger partial charge in [0, 0.05) is 17.0 Å². The smallest absolute Gasteiger partial charge is 0.386 e. The van der Waals surface area contributed by atoms with Gasteiger partial charge in [-0.1, -0.05) is 6.07 Å². The zero-order valence-electron chi connectivity index (χ0n) is 10.7. The van der Waals surface area contributed by atoms with Gasteiger partial charge in [-0.15, -0.1) is 11.3 Å². The average molecular weight is 315 g/mol. The molecule has 0 aliphatic carbocycles. The van der Waals surface area contributed by atoms with Gasteiger partial charge < -0.3 is 10.4 Å². The van der Waals surface area contributed by atoms with Gasteiger partial charge >= 0.3 is 6.18 Å². The lowest BCUT2D eigenvalue weighted by Crippen LogP contribution is -2.28. The van der Waals surface area contributed by atoms with Crippen molar-refractivity contribution in [3.63, 3.8) is 0 Å². The zero-order chi connectivity index (χ0) is 15.5. The van der Waals surface area contributed by atoms with Crippen molar-refractivity contribution in [3.8, 4) is 0 Å². The fourth-order valence-corrected chi connectivity index (χ4v) is 2.40. The molecule has 1 amide bonds. The Morgan fingerprint density at radius 3 is 2.43 bits per heavy atom. The largest absolute Gasteiger partial charge is 0.416 e. The van der Waals surface area contributed by atoms with Crippen LogP contribution in [0.15, 0.2) is 41.8 Å². The van der Waals surface area contributed by atoms with Gasteiger partial charge in [-0.05, 0) is 35.7 Å². The van der Waals surface area contributed by atoms with Crippen LogP contribution in [0.4, 0.5) is 13.2 Å². The molecule has 3 nitrogen and oxygen atoms in total. The lowest BCUT2D eigenvalue weighted by atomic mass is 10.1. The maximum Gasteiger partial charge on any atom is 0.416 e. The van der Waals surface area contributed by atoms with Crippen molar-refractivity contribution < 1.29 is 23.1 Å². The lowest BCUT2D eigenvalue weighted by molar-refractivity contribution is -0.137. The normalized spacial score (nSPS) is 13.0. The molecule has 0 aliphatic heterocycles. The second kappa shape index (κ2) is 6.28. The summed E-state index contributed by atoms with van der Waals surface area (Å²) in [5.41, 5.74) is -0.695. The number of benzene rings is 1. The molecule has 0 radical (unpaired) electrons. The summed E-state index contributed by atoms with van der Waals surface area (Å²) in [7, 11) is 0. The molecule has 2 aromatic rings. The maximum absolute atomic E-state index is 12.4. The molecule has 0 spiro atoms. The van der Waals surface area contributed by atoms with Gasteiger partial charge in [-0.3, -0.25) is 4.79 Å². The molecular formula is C14H12F3NO2S. The van der Waals surface area contributed by atoms with Crippen molar-refractivity contribution in [3.05, 3.63) is 57.8 Å². The fraction of sp³-hybridized carbons (Fsp3) is 0.214. The first kappa shape index (κ1) is 15.5. The van der Waals surface area contributed by atoms with Crippen LogP contribution < -0.4 is 5.32 Å². The van der Waals surface area contributed by atoms with E-state index in [9.17, 15) is 23.1 Å². The number of amides is 1. The van der Waals surface area contributed by atoms with Crippen molar-refractivity contribution in [1.29, 1.82) is 0 Å². The van der Waals surface area contributed by atoms with Gasteiger partial charge in [0.05, 0.1) is 5.56 Å². The summed E-state index contributed by atoms with van der Waals surface area (Å²) >= 11 is 1.36. The second-order valence-corrected chi connectivity index (χ2v) is 5.30. The molecule has 0 aliphatic rings. The summed E-state index contributed by atoms with van der Waals surface area (Å²) in [5.74, 6) is -0.528. The van der Waals surface area contributed by atoms with Crippen molar-refractivity contribution in [2.75, 3.05) is 6.54 Å². The Balaban J connectivity index is 1.94. The predicted molar refractivity (Wildman–Crippen MR) is 73.1 cm³/mol. The quantitative estimate of drug-likeness (QED) is 0.910. The van der Waals surface area contributed by atoms with Gasteiger partial charge in [-0.25, -0.2) is 0 Å². The number of alkyl halides is 3. The number of carbonyl (C=O) groups excluding carboxylic acids is 1. The molecular weight excluding hydrogens is 303 g/mol. The van der Waals surface area contributed by atoms with Crippen LogP contribution in [-0.4, -0.2) is 17.6 Å². The van der Waals surface area contributed by atoms with E-state index in [0.717, 1.165) is 24.3 Å². The SMILES string of the molecule is O=C(NCC(O)c1cccs1)c1ccc(C(F)(F)F)cc1. The number of thiophene rings is 1. The third-order valence-electron chi connectivity index (χ3n) is 2.80. The molecule has 1 aromatic heterocycles. The van der Waals surface area contributed by atoms with E-state index in [1.165, 1.54) is 11.3 Å². The second-order valence-electron chi connectivity index (χ2n) is 4.32. The molecule has 0 saturated heterocycles. The van der Waals surface area contributed by atoms with Crippen LogP contribution in [0.25, 0.3) is 0 Å². The van der Waals surface area contributed by atoms with Gasteiger partial charge in [0.2, 0.25) is 0 Å². The molecule has 2 rings (SSSR count). The Kier molecular flexibility index (Phi) is 4.64. The minimum atomic E-state index is -4.43. The summed E-state index contributed by atoms with van der Waals surface area (Å²) in [4.78, 5) is 12.5. The van der Waals surface area contributed by atoms with E-state index in [1.54, 1.807) is 17.5 Å². The van der Waals surface area contributed by atoms with E-state index in [0.29, 0.717) is 4.88 Å². The third kappa shape index (κ3) is 4.05. The van der Waals surface area contributed by atoms with E-state index < -0.39 is 23.8 Å². The van der Waals surface area contributed by atoms with Crippen LogP contribution >= 0.6 is 11.3 Å². The molecule has 0 bridgehead atoms. The Bertz CT molecular complexity index is 594. The van der Waals surface area contributed by atoms with Crippen LogP contribution in [0, 0.1) is 0 Å². The highest BCUT2D eigenvalue weighted by molar-refractivity contribution is 7.10. The van der Waals surface area contributed by atoms with Crippen molar-refractivity contribution in [2.45, 2.75) is 12.3 Å².